The molecule has 0 aliphatic carbocycles. The molecular weight excluding hydrogens is 210 g/mol. The van der Waals surface area contributed by atoms with Gasteiger partial charge < -0.3 is 5.73 Å². The van der Waals surface area contributed by atoms with Crippen molar-refractivity contribution in [1.29, 1.82) is 0 Å². The van der Waals surface area contributed by atoms with Crippen LogP contribution >= 0.6 is 32.9 Å². The van der Waals surface area contributed by atoms with Crippen molar-refractivity contribution in [2.45, 2.75) is 13.0 Å². The molecule has 1 atom stereocenters. The van der Waals surface area contributed by atoms with Crippen molar-refractivity contribution in [1.82, 2.24) is 0 Å². The first kappa shape index (κ1) is 10.0. The highest BCUT2D eigenvalue weighted by molar-refractivity contribution is 9.09. The van der Waals surface area contributed by atoms with Crippen molar-refractivity contribution in [2.75, 3.05) is 5.33 Å². The maximum Gasteiger partial charge on any atom is 0.0181 e. The fourth-order valence-corrected chi connectivity index (χ4v) is 0. The molecule has 0 aliphatic rings. The summed E-state index contributed by atoms with van der Waals surface area (Å²) < 4.78 is 0. The molecular formula is C3H9Br2N. The van der Waals surface area contributed by atoms with E-state index in [-0.39, 0.29) is 17.0 Å². The molecule has 0 unspecified atom stereocenters. The van der Waals surface area contributed by atoms with E-state index in [9.17, 15) is 0 Å². The van der Waals surface area contributed by atoms with Gasteiger partial charge in [0.25, 0.3) is 0 Å². The molecule has 1 nitrogen and oxygen atoms in total. The molecule has 6 heavy (non-hydrogen) atoms. The Labute approximate surface area is 57.2 Å². The Balaban J connectivity index is 0. The smallest absolute Gasteiger partial charge is 0.0181 e. The Bertz CT molecular complexity index is 22.8. The van der Waals surface area contributed by atoms with Gasteiger partial charge in [-0.05, 0) is 6.92 Å². The summed E-state index contributed by atoms with van der Waals surface area (Å²) in [6.45, 7) is 1.95. The monoisotopic (exact) mass is 217 g/mol. The Hall–Kier alpha value is 0.920. The van der Waals surface area contributed by atoms with Crippen LogP contribution in [0.5, 0.6) is 0 Å². The van der Waals surface area contributed by atoms with E-state index in [1.807, 2.05) is 6.92 Å². The molecule has 0 amide bonds. The van der Waals surface area contributed by atoms with Crippen molar-refractivity contribution < 1.29 is 0 Å². The van der Waals surface area contributed by atoms with Crippen molar-refractivity contribution in [3.05, 3.63) is 0 Å². The van der Waals surface area contributed by atoms with Crippen molar-refractivity contribution in [3.63, 3.8) is 0 Å². The van der Waals surface area contributed by atoms with E-state index < -0.39 is 0 Å². The van der Waals surface area contributed by atoms with Gasteiger partial charge in [0.05, 0.1) is 0 Å². The van der Waals surface area contributed by atoms with Crippen LogP contribution in [0.2, 0.25) is 0 Å². The predicted molar refractivity (Wildman–Crippen MR) is 37.8 cm³/mol. The number of hydrogen-bond donors (Lipinski definition) is 1. The molecule has 0 bridgehead atoms. The van der Waals surface area contributed by atoms with E-state index in [0.717, 1.165) is 5.33 Å². The highest BCUT2D eigenvalue weighted by Crippen LogP contribution is 1.80. The second-order valence-corrected chi connectivity index (χ2v) is 1.78. The fourth-order valence-electron chi connectivity index (χ4n) is 0. The van der Waals surface area contributed by atoms with Crippen molar-refractivity contribution in [2.24, 2.45) is 5.73 Å². The third-order valence-corrected chi connectivity index (χ3v) is 1.26. The van der Waals surface area contributed by atoms with Gasteiger partial charge in [0, 0.05) is 11.4 Å². The van der Waals surface area contributed by atoms with E-state index in [1.165, 1.54) is 0 Å². The standard InChI is InChI=1S/C3H8BrN.BrH/c1-3(5)2-4;/h3H,2,5H2,1H3;1H/t3-;/m0./s1. The molecule has 0 aromatic carbocycles. The lowest BCUT2D eigenvalue weighted by atomic mass is 10.4. The Morgan fingerprint density at radius 1 is 1.83 bits per heavy atom. The Morgan fingerprint density at radius 3 is 2.00 bits per heavy atom. The third kappa shape index (κ3) is 8.87. The van der Waals surface area contributed by atoms with Crippen LogP contribution in [-0.2, 0) is 0 Å². The lowest BCUT2D eigenvalue weighted by Crippen LogP contribution is -2.15. The quantitative estimate of drug-likeness (QED) is 0.661. The normalized spacial score (nSPS) is 12.5. The summed E-state index contributed by atoms with van der Waals surface area (Å²) in [5.74, 6) is 0. The second kappa shape index (κ2) is 5.92. The molecule has 0 aliphatic heterocycles. The van der Waals surface area contributed by atoms with Gasteiger partial charge in [-0.15, -0.1) is 17.0 Å². The average molecular weight is 219 g/mol. The highest BCUT2D eigenvalue weighted by atomic mass is 79.9. The van der Waals surface area contributed by atoms with Crippen LogP contribution in [0.25, 0.3) is 0 Å². The van der Waals surface area contributed by atoms with Crippen LogP contribution in [0, 0.1) is 0 Å². The van der Waals surface area contributed by atoms with Crippen LogP contribution in [0.4, 0.5) is 0 Å². The van der Waals surface area contributed by atoms with E-state index in [4.69, 9.17) is 5.73 Å². The third-order valence-electron chi connectivity index (χ3n) is 0.243. The largest absolute Gasteiger partial charge is 0.327 e. The summed E-state index contributed by atoms with van der Waals surface area (Å²) in [6, 6.07) is 0.301. The summed E-state index contributed by atoms with van der Waals surface area (Å²) >= 11 is 3.19. The number of alkyl halides is 1. The topological polar surface area (TPSA) is 26.0 Å². The van der Waals surface area contributed by atoms with E-state index in [2.05, 4.69) is 15.9 Å². The zero-order chi connectivity index (χ0) is 4.28. The van der Waals surface area contributed by atoms with Crippen molar-refractivity contribution >= 4 is 32.9 Å². The van der Waals surface area contributed by atoms with Gasteiger partial charge in [-0.3, -0.25) is 0 Å². The van der Waals surface area contributed by atoms with E-state index in [0.29, 0.717) is 6.04 Å². The van der Waals surface area contributed by atoms with E-state index >= 15 is 0 Å². The molecule has 0 radical (unpaired) electrons. The maximum atomic E-state index is 5.24. The number of halogens is 2. The van der Waals surface area contributed by atoms with Gasteiger partial charge in [-0.1, -0.05) is 15.9 Å². The molecule has 0 heterocycles. The average Bonchev–Trinajstić information content (AvgIpc) is 1.38. The number of nitrogens with two attached hydrogens (primary N) is 1. The first-order valence-corrected chi connectivity index (χ1v) is 2.71. The van der Waals surface area contributed by atoms with Crippen LogP contribution in [0.15, 0.2) is 0 Å². The number of rotatable bonds is 1. The minimum atomic E-state index is 0. The first-order chi connectivity index (χ1) is 2.27. The highest BCUT2D eigenvalue weighted by Gasteiger charge is 1.81. The summed E-state index contributed by atoms with van der Waals surface area (Å²) in [4.78, 5) is 0. The molecule has 0 rings (SSSR count). The van der Waals surface area contributed by atoms with Crippen molar-refractivity contribution in [3.8, 4) is 0 Å². The second-order valence-electron chi connectivity index (χ2n) is 1.13. The summed E-state index contributed by atoms with van der Waals surface area (Å²) in [5, 5.41) is 0.896. The molecule has 2 N–H and O–H groups in total. The summed E-state index contributed by atoms with van der Waals surface area (Å²) in [6.07, 6.45) is 0. The molecule has 0 aromatic heterocycles. The minimum absolute atomic E-state index is 0. The Kier molecular flexibility index (Phi) is 9.89. The molecule has 0 spiro atoms. The van der Waals surface area contributed by atoms with Crippen LogP contribution in [0.1, 0.15) is 6.92 Å². The van der Waals surface area contributed by atoms with E-state index in [1.54, 1.807) is 0 Å². The number of hydrogen-bond acceptors (Lipinski definition) is 1. The van der Waals surface area contributed by atoms with Gasteiger partial charge in [0.2, 0.25) is 0 Å². The predicted octanol–water partition coefficient (Wildman–Crippen LogP) is 1.31. The van der Waals surface area contributed by atoms with Gasteiger partial charge in [0.15, 0.2) is 0 Å². The molecule has 40 valence electrons. The molecule has 0 saturated heterocycles. The minimum Gasteiger partial charge on any atom is -0.327 e. The lowest BCUT2D eigenvalue weighted by Gasteiger charge is -1.90. The molecule has 0 saturated carbocycles. The van der Waals surface area contributed by atoms with Gasteiger partial charge in [-0.2, -0.15) is 0 Å². The Morgan fingerprint density at radius 2 is 2.00 bits per heavy atom. The molecule has 0 fully saturated rings. The van der Waals surface area contributed by atoms with Gasteiger partial charge in [0.1, 0.15) is 0 Å². The molecule has 0 aromatic rings. The van der Waals surface area contributed by atoms with Crippen LogP contribution < -0.4 is 5.73 Å². The SMILES string of the molecule is Br.C[C@H](N)CBr. The van der Waals surface area contributed by atoms with Crippen LogP contribution in [0.3, 0.4) is 0 Å². The summed E-state index contributed by atoms with van der Waals surface area (Å²) in [7, 11) is 0. The first-order valence-electron chi connectivity index (χ1n) is 1.59. The van der Waals surface area contributed by atoms with Crippen LogP contribution in [-0.4, -0.2) is 11.4 Å². The zero-order valence-electron chi connectivity index (χ0n) is 3.65. The summed E-state index contributed by atoms with van der Waals surface area (Å²) in [5.41, 5.74) is 5.24. The maximum absolute atomic E-state index is 5.24. The fraction of sp³-hybridized carbons (Fsp3) is 1.00. The lowest BCUT2D eigenvalue weighted by molar-refractivity contribution is 0.854. The van der Waals surface area contributed by atoms with Gasteiger partial charge in [-0.25, -0.2) is 0 Å². The molecule has 3 heteroatoms. The zero-order valence-corrected chi connectivity index (χ0v) is 6.95. The van der Waals surface area contributed by atoms with Gasteiger partial charge >= 0.3 is 0 Å².